The van der Waals surface area contributed by atoms with Gasteiger partial charge in [-0.15, -0.1) is 10.2 Å². The van der Waals surface area contributed by atoms with Crippen LogP contribution >= 0.6 is 0 Å². The fraction of sp³-hybridized carbons (Fsp3) is 0.250. The first-order valence-corrected chi connectivity index (χ1v) is 7.63. The van der Waals surface area contributed by atoms with Gasteiger partial charge in [-0.05, 0) is 11.6 Å². The Kier molecular flexibility index (Phi) is 3.30. The number of amides is 1. The van der Waals surface area contributed by atoms with E-state index in [1.807, 2.05) is 40.8 Å². The molecule has 0 aliphatic carbocycles. The van der Waals surface area contributed by atoms with Crippen LogP contribution in [0.2, 0.25) is 0 Å². The van der Waals surface area contributed by atoms with Crippen molar-refractivity contribution in [3.8, 4) is 11.4 Å². The number of nitrogens with one attached hydrogen (secondary N) is 1. The molecule has 3 aromatic rings. The number of para-hydroxylation sites is 1. The second-order valence-electron chi connectivity index (χ2n) is 5.81. The Bertz CT molecular complexity index is 884. The standard InChI is InChI=1S/C16H17N7O/c1-21-13-6-4-3-5-11(13)9-23(10-14(21)24)16-20-19-15(22(16)2)12-7-17-18-8-12/h3-8H,9-10H2,1-2H3,(H,17,18). The first kappa shape index (κ1) is 14.4. The maximum Gasteiger partial charge on any atom is 0.246 e. The molecule has 3 heterocycles. The maximum absolute atomic E-state index is 12.5. The van der Waals surface area contributed by atoms with Crippen LogP contribution in [0, 0.1) is 0 Å². The Balaban J connectivity index is 1.74. The average molecular weight is 323 g/mol. The van der Waals surface area contributed by atoms with Gasteiger partial charge < -0.3 is 9.80 Å². The van der Waals surface area contributed by atoms with Crippen molar-refractivity contribution in [2.24, 2.45) is 7.05 Å². The number of H-pyrrole nitrogens is 1. The van der Waals surface area contributed by atoms with Crippen molar-refractivity contribution >= 4 is 17.5 Å². The van der Waals surface area contributed by atoms with Crippen LogP contribution in [0.15, 0.2) is 36.7 Å². The van der Waals surface area contributed by atoms with Crippen molar-refractivity contribution in [3.63, 3.8) is 0 Å². The number of aromatic nitrogens is 5. The predicted octanol–water partition coefficient (Wildman–Crippen LogP) is 1.19. The maximum atomic E-state index is 12.5. The molecule has 0 unspecified atom stereocenters. The van der Waals surface area contributed by atoms with Gasteiger partial charge in [0.15, 0.2) is 5.82 Å². The third-order valence-corrected chi connectivity index (χ3v) is 4.31. The van der Waals surface area contributed by atoms with E-state index in [0.717, 1.165) is 16.8 Å². The average Bonchev–Trinajstić information content (AvgIpc) is 3.21. The first-order valence-electron chi connectivity index (χ1n) is 7.63. The molecule has 0 fully saturated rings. The van der Waals surface area contributed by atoms with Crippen LogP contribution in [0.25, 0.3) is 11.4 Å². The van der Waals surface area contributed by atoms with Crippen LogP contribution < -0.4 is 9.80 Å². The zero-order valence-electron chi connectivity index (χ0n) is 13.5. The molecule has 0 saturated carbocycles. The van der Waals surface area contributed by atoms with Crippen molar-refractivity contribution < 1.29 is 4.79 Å². The molecular weight excluding hydrogens is 306 g/mol. The summed E-state index contributed by atoms with van der Waals surface area (Å²) in [6.07, 6.45) is 3.47. The number of carbonyl (C=O) groups is 1. The molecule has 1 aromatic carbocycles. The lowest BCUT2D eigenvalue weighted by molar-refractivity contribution is -0.117. The van der Waals surface area contributed by atoms with Crippen molar-refractivity contribution in [1.29, 1.82) is 0 Å². The van der Waals surface area contributed by atoms with Gasteiger partial charge in [0.05, 0.1) is 11.8 Å². The molecule has 1 aliphatic heterocycles. The molecule has 0 atom stereocenters. The predicted molar refractivity (Wildman–Crippen MR) is 89.5 cm³/mol. The summed E-state index contributed by atoms with van der Waals surface area (Å²) in [7, 11) is 3.70. The number of likely N-dealkylation sites (N-methyl/N-ethyl adjacent to an activating group) is 1. The number of nitrogens with zero attached hydrogens (tertiary/aromatic N) is 6. The lowest BCUT2D eigenvalue weighted by atomic mass is 10.1. The third-order valence-electron chi connectivity index (χ3n) is 4.31. The van der Waals surface area contributed by atoms with E-state index in [1.165, 1.54) is 0 Å². The van der Waals surface area contributed by atoms with Gasteiger partial charge in [0.2, 0.25) is 11.9 Å². The Hall–Kier alpha value is -3.16. The highest BCUT2D eigenvalue weighted by molar-refractivity contribution is 5.97. The van der Waals surface area contributed by atoms with E-state index in [4.69, 9.17) is 0 Å². The van der Waals surface area contributed by atoms with Crippen molar-refractivity contribution in [1.82, 2.24) is 25.0 Å². The number of benzene rings is 1. The van der Waals surface area contributed by atoms with Gasteiger partial charge >= 0.3 is 0 Å². The Morgan fingerprint density at radius 2 is 1.96 bits per heavy atom. The molecule has 1 amide bonds. The van der Waals surface area contributed by atoms with Gasteiger partial charge in [-0.25, -0.2) is 0 Å². The lowest BCUT2D eigenvalue weighted by Gasteiger charge is -2.20. The molecular formula is C16H17N7O. The molecule has 24 heavy (non-hydrogen) atoms. The molecule has 0 spiro atoms. The van der Waals surface area contributed by atoms with E-state index in [9.17, 15) is 4.79 Å². The number of fused-ring (bicyclic) bond motifs is 1. The summed E-state index contributed by atoms with van der Waals surface area (Å²) in [6, 6.07) is 7.92. The second-order valence-corrected chi connectivity index (χ2v) is 5.81. The lowest BCUT2D eigenvalue weighted by Crippen LogP contribution is -2.36. The van der Waals surface area contributed by atoms with Crippen molar-refractivity contribution in [2.45, 2.75) is 6.54 Å². The van der Waals surface area contributed by atoms with Crippen LogP contribution in [0.5, 0.6) is 0 Å². The van der Waals surface area contributed by atoms with E-state index in [0.29, 0.717) is 18.3 Å². The van der Waals surface area contributed by atoms with Crippen LogP contribution in [-0.2, 0) is 18.4 Å². The SMILES string of the molecule is CN1C(=O)CN(c2nnc(-c3cn[nH]c3)n2C)Cc2ccccc21. The minimum atomic E-state index is 0.0211. The number of rotatable bonds is 2. The largest absolute Gasteiger partial charge is 0.327 e. The van der Waals surface area contributed by atoms with Crippen molar-refractivity contribution in [2.75, 3.05) is 23.4 Å². The molecule has 1 N–H and O–H groups in total. The van der Waals surface area contributed by atoms with E-state index < -0.39 is 0 Å². The molecule has 1 aliphatic rings. The highest BCUT2D eigenvalue weighted by Gasteiger charge is 2.27. The molecule has 8 heteroatoms. The molecule has 2 aromatic heterocycles. The third kappa shape index (κ3) is 2.23. The van der Waals surface area contributed by atoms with Gasteiger partial charge in [-0.3, -0.25) is 14.5 Å². The highest BCUT2D eigenvalue weighted by atomic mass is 16.2. The topological polar surface area (TPSA) is 82.9 Å². The number of carbonyl (C=O) groups excluding carboxylic acids is 1. The first-order chi connectivity index (χ1) is 11.6. The molecule has 0 bridgehead atoms. The Morgan fingerprint density at radius 3 is 2.75 bits per heavy atom. The monoisotopic (exact) mass is 323 g/mol. The molecule has 4 rings (SSSR count). The second kappa shape index (κ2) is 5.48. The van der Waals surface area contributed by atoms with Crippen LogP contribution in [-0.4, -0.2) is 44.5 Å². The molecule has 122 valence electrons. The zero-order chi connectivity index (χ0) is 16.7. The zero-order valence-corrected chi connectivity index (χ0v) is 13.5. The summed E-state index contributed by atoms with van der Waals surface area (Å²) in [5, 5.41) is 15.3. The summed E-state index contributed by atoms with van der Waals surface area (Å²) < 4.78 is 1.88. The highest BCUT2D eigenvalue weighted by Crippen LogP contribution is 2.28. The fourth-order valence-corrected chi connectivity index (χ4v) is 3.00. The summed E-state index contributed by atoms with van der Waals surface area (Å²) in [6.45, 7) is 0.853. The normalized spacial score (nSPS) is 14.7. The minimum Gasteiger partial charge on any atom is -0.327 e. The number of anilines is 2. The van der Waals surface area contributed by atoms with Gasteiger partial charge in [0.1, 0.15) is 6.54 Å². The van der Waals surface area contributed by atoms with E-state index in [1.54, 1.807) is 24.3 Å². The summed E-state index contributed by atoms with van der Waals surface area (Å²) in [4.78, 5) is 16.2. The van der Waals surface area contributed by atoms with E-state index in [2.05, 4.69) is 20.4 Å². The summed E-state index contributed by atoms with van der Waals surface area (Å²) in [5.74, 6) is 1.38. The van der Waals surface area contributed by atoms with Crippen LogP contribution in [0.4, 0.5) is 11.6 Å². The van der Waals surface area contributed by atoms with E-state index >= 15 is 0 Å². The fourth-order valence-electron chi connectivity index (χ4n) is 3.00. The van der Waals surface area contributed by atoms with Crippen molar-refractivity contribution in [3.05, 3.63) is 42.2 Å². The molecule has 0 saturated heterocycles. The minimum absolute atomic E-state index is 0.0211. The van der Waals surface area contributed by atoms with Crippen LogP contribution in [0.3, 0.4) is 0 Å². The number of hydrogen-bond acceptors (Lipinski definition) is 5. The van der Waals surface area contributed by atoms with Gasteiger partial charge in [-0.1, -0.05) is 18.2 Å². The molecule has 8 nitrogen and oxygen atoms in total. The van der Waals surface area contributed by atoms with E-state index in [-0.39, 0.29) is 12.5 Å². The summed E-state index contributed by atoms with van der Waals surface area (Å²) in [5.41, 5.74) is 2.87. The molecule has 0 radical (unpaired) electrons. The van der Waals surface area contributed by atoms with Gasteiger partial charge in [-0.2, -0.15) is 5.10 Å². The van der Waals surface area contributed by atoms with Gasteiger partial charge in [0.25, 0.3) is 0 Å². The van der Waals surface area contributed by atoms with Crippen LogP contribution in [0.1, 0.15) is 5.56 Å². The number of hydrogen-bond donors (Lipinski definition) is 1. The Labute approximate surface area is 138 Å². The number of aromatic amines is 1. The van der Waals surface area contributed by atoms with Gasteiger partial charge in [0, 0.05) is 32.5 Å². The quantitative estimate of drug-likeness (QED) is 0.766. The Morgan fingerprint density at radius 1 is 1.12 bits per heavy atom. The smallest absolute Gasteiger partial charge is 0.246 e. The summed E-state index contributed by atoms with van der Waals surface area (Å²) >= 11 is 0.